The van der Waals surface area contributed by atoms with Gasteiger partial charge in [-0.3, -0.25) is 9.59 Å². The lowest BCUT2D eigenvalue weighted by Gasteiger charge is -2.36. The van der Waals surface area contributed by atoms with Crippen molar-refractivity contribution in [3.05, 3.63) is 65.7 Å². The van der Waals surface area contributed by atoms with Gasteiger partial charge in [-0.2, -0.15) is 4.31 Å². The second-order valence-electron chi connectivity index (χ2n) is 8.10. The number of piperazine rings is 1. The van der Waals surface area contributed by atoms with Gasteiger partial charge in [0.2, 0.25) is 15.9 Å². The van der Waals surface area contributed by atoms with Gasteiger partial charge in [0.25, 0.3) is 5.91 Å². The van der Waals surface area contributed by atoms with Crippen LogP contribution in [0.15, 0.2) is 59.5 Å². The molecule has 0 spiro atoms. The number of nitrogens with one attached hydrogen (secondary N) is 1. The van der Waals surface area contributed by atoms with Crippen LogP contribution in [-0.2, 0) is 14.8 Å². The molecule has 1 aliphatic heterocycles. The van der Waals surface area contributed by atoms with Gasteiger partial charge >= 0.3 is 0 Å². The number of benzene rings is 2. The van der Waals surface area contributed by atoms with Gasteiger partial charge in [-0.05, 0) is 37.1 Å². The predicted molar refractivity (Wildman–Crippen MR) is 119 cm³/mol. The van der Waals surface area contributed by atoms with E-state index >= 15 is 0 Å². The van der Waals surface area contributed by atoms with Gasteiger partial charge in [0.1, 0.15) is 6.04 Å². The van der Waals surface area contributed by atoms with E-state index in [0.29, 0.717) is 5.56 Å². The van der Waals surface area contributed by atoms with Crippen molar-refractivity contribution in [1.82, 2.24) is 14.5 Å². The van der Waals surface area contributed by atoms with Crippen LogP contribution in [-0.4, -0.2) is 61.7 Å². The molecular weight excluding hydrogens is 414 g/mol. The van der Waals surface area contributed by atoms with Crippen molar-refractivity contribution in [3.8, 4) is 0 Å². The van der Waals surface area contributed by atoms with Crippen molar-refractivity contribution in [2.75, 3.05) is 26.2 Å². The number of aryl methyl sites for hydroxylation is 1. The molecule has 2 aromatic rings. The average Bonchev–Trinajstić information content (AvgIpc) is 2.77. The summed E-state index contributed by atoms with van der Waals surface area (Å²) in [6, 6.07) is 14.9. The summed E-state index contributed by atoms with van der Waals surface area (Å²) in [5.41, 5.74) is 1.49. The Labute approximate surface area is 184 Å². The maximum absolute atomic E-state index is 13.1. The van der Waals surface area contributed by atoms with E-state index in [4.69, 9.17) is 0 Å². The Morgan fingerprint density at radius 3 is 2.03 bits per heavy atom. The quantitative estimate of drug-likeness (QED) is 0.742. The summed E-state index contributed by atoms with van der Waals surface area (Å²) in [7, 11) is -3.59. The largest absolute Gasteiger partial charge is 0.340 e. The fourth-order valence-corrected chi connectivity index (χ4v) is 4.95. The van der Waals surface area contributed by atoms with Gasteiger partial charge in [0.15, 0.2) is 0 Å². The molecule has 31 heavy (non-hydrogen) atoms. The first-order valence-corrected chi connectivity index (χ1v) is 11.9. The van der Waals surface area contributed by atoms with Crippen LogP contribution in [0.5, 0.6) is 0 Å². The van der Waals surface area contributed by atoms with Crippen LogP contribution in [0.3, 0.4) is 0 Å². The van der Waals surface area contributed by atoms with Crippen molar-refractivity contribution in [1.29, 1.82) is 0 Å². The van der Waals surface area contributed by atoms with Crippen molar-refractivity contribution >= 4 is 21.8 Å². The minimum atomic E-state index is -3.59. The van der Waals surface area contributed by atoms with Crippen LogP contribution in [0, 0.1) is 12.8 Å². The van der Waals surface area contributed by atoms with E-state index in [1.807, 2.05) is 26.8 Å². The second kappa shape index (κ2) is 9.62. The monoisotopic (exact) mass is 443 g/mol. The summed E-state index contributed by atoms with van der Waals surface area (Å²) in [5, 5.41) is 2.84. The van der Waals surface area contributed by atoms with Gasteiger partial charge in [0.05, 0.1) is 4.90 Å². The number of amides is 2. The summed E-state index contributed by atoms with van der Waals surface area (Å²) in [5.74, 6) is -0.589. The van der Waals surface area contributed by atoms with Gasteiger partial charge < -0.3 is 10.2 Å². The third-order valence-corrected chi connectivity index (χ3v) is 7.38. The number of hydrogen-bond acceptors (Lipinski definition) is 4. The van der Waals surface area contributed by atoms with Crippen molar-refractivity contribution in [2.24, 2.45) is 5.92 Å². The summed E-state index contributed by atoms with van der Waals surface area (Å²) in [6.07, 6.45) is 0. The number of hydrogen-bond donors (Lipinski definition) is 1. The molecule has 1 N–H and O–H groups in total. The number of nitrogens with zero attached hydrogens (tertiary/aromatic N) is 2. The zero-order valence-corrected chi connectivity index (χ0v) is 18.9. The predicted octanol–water partition coefficient (Wildman–Crippen LogP) is 2.28. The fraction of sp³-hybridized carbons (Fsp3) is 0.391. The Kier molecular flexibility index (Phi) is 7.12. The Bertz CT molecular complexity index is 1010. The Balaban J connectivity index is 1.65. The van der Waals surface area contributed by atoms with E-state index < -0.39 is 16.1 Å². The number of carbonyl (C=O) groups excluding carboxylic acids is 2. The van der Waals surface area contributed by atoms with Crippen molar-refractivity contribution < 1.29 is 18.0 Å². The Morgan fingerprint density at radius 1 is 0.903 bits per heavy atom. The molecule has 1 aliphatic rings. The van der Waals surface area contributed by atoms with Crippen LogP contribution >= 0.6 is 0 Å². The zero-order chi connectivity index (χ0) is 22.6. The molecule has 0 saturated carbocycles. The first-order chi connectivity index (χ1) is 14.7. The van der Waals surface area contributed by atoms with Crippen LogP contribution < -0.4 is 5.32 Å². The van der Waals surface area contributed by atoms with Crippen molar-refractivity contribution in [2.45, 2.75) is 31.7 Å². The highest BCUT2D eigenvalue weighted by Crippen LogP contribution is 2.19. The van der Waals surface area contributed by atoms with Crippen LogP contribution in [0.25, 0.3) is 0 Å². The van der Waals surface area contributed by atoms with Gasteiger partial charge in [-0.25, -0.2) is 8.42 Å². The molecule has 1 atom stereocenters. The number of rotatable bonds is 6. The lowest BCUT2D eigenvalue weighted by molar-refractivity contribution is -0.135. The molecule has 2 amide bonds. The Morgan fingerprint density at radius 2 is 1.48 bits per heavy atom. The molecule has 0 aliphatic carbocycles. The minimum Gasteiger partial charge on any atom is -0.340 e. The van der Waals surface area contributed by atoms with Crippen LogP contribution in [0.4, 0.5) is 0 Å². The SMILES string of the molecule is Cc1ccc(S(=O)(=O)N2CCN(C(=O)[C@@H](NC(=O)c3ccccc3)C(C)C)CC2)cc1. The highest BCUT2D eigenvalue weighted by Gasteiger charge is 2.34. The minimum absolute atomic E-state index is 0.102. The molecule has 0 unspecified atom stereocenters. The molecule has 0 bridgehead atoms. The van der Waals surface area contributed by atoms with Crippen molar-refractivity contribution in [3.63, 3.8) is 0 Å². The molecule has 1 heterocycles. The number of carbonyl (C=O) groups is 2. The fourth-order valence-electron chi connectivity index (χ4n) is 3.53. The molecule has 0 radical (unpaired) electrons. The van der Waals surface area contributed by atoms with Gasteiger partial charge in [-0.15, -0.1) is 0 Å². The summed E-state index contributed by atoms with van der Waals surface area (Å²) in [6.45, 7) is 6.68. The first-order valence-electron chi connectivity index (χ1n) is 10.4. The molecular formula is C23H29N3O4S. The topological polar surface area (TPSA) is 86.8 Å². The van der Waals surface area contributed by atoms with Crippen LogP contribution in [0.1, 0.15) is 29.8 Å². The second-order valence-corrected chi connectivity index (χ2v) is 10.0. The van der Waals surface area contributed by atoms with Gasteiger partial charge in [0, 0.05) is 31.7 Å². The molecule has 2 aromatic carbocycles. The van der Waals surface area contributed by atoms with E-state index in [9.17, 15) is 18.0 Å². The Hall–Kier alpha value is -2.71. The highest BCUT2D eigenvalue weighted by atomic mass is 32.2. The normalized spacial score (nSPS) is 16.2. The van der Waals surface area contributed by atoms with Gasteiger partial charge in [-0.1, -0.05) is 49.7 Å². The van der Waals surface area contributed by atoms with E-state index in [2.05, 4.69) is 5.32 Å². The molecule has 0 aromatic heterocycles. The highest BCUT2D eigenvalue weighted by molar-refractivity contribution is 7.89. The zero-order valence-electron chi connectivity index (χ0n) is 18.1. The molecule has 8 heteroatoms. The summed E-state index contributed by atoms with van der Waals surface area (Å²) >= 11 is 0. The third kappa shape index (κ3) is 5.32. The molecule has 7 nitrogen and oxygen atoms in total. The standard InChI is InChI=1S/C23H29N3O4S/c1-17(2)21(24-22(27)19-7-5-4-6-8-19)23(28)25-13-15-26(16-14-25)31(29,30)20-11-9-18(3)10-12-20/h4-12,17,21H,13-16H2,1-3H3,(H,24,27)/t21-/m0/s1. The summed E-state index contributed by atoms with van der Waals surface area (Å²) < 4.78 is 27.2. The molecule has 1 saturated heterocycles. The van der Waals surface area contributed by atoms with E-state index in [0.717, 1.165) is 5.56 Å². The van der Waals surface area contributed by atoms with E-state index in [-0.39, 0.29) is 48.8 Å². The number of sulfonamides is 1. The third-order valence-electron chi connectivity index (χ3n) is 5.46. The van der Waals surface area contributed by atoms with E-state index in [1.165, 1.54) is 4.31 Å². The lowest BCUT2D eigenvalue weighted by atomic mass is 10.0. The summed E-state index contributed by atoms with van der Waals surface area (Å²) in [4.78, 5) is 27.5. The first kappa shape index (κ1) is 23.0. The maximum atomic E-state index is 13.1. The van der Waals surface area contributed by atoms with Crippen LogP contribution in [0.2, 0.25) is 0 Å². The average molecular weight is 444 g/mol. The smallest absolute Gasteiger partial charge is 0.251 e. The van der Waals surface area contributed by atoms with E-state index in [1.54, 1.807) is 53.4 Å². The lowest BCUT2D eigenvalue weighted by Crippen LogP contribution is -2.57. The molecule has 166 valence electrons. The molecule has 1 fully saturated rings. The molecule has 3 rings (SSSR count). The maximum Gasteiger partial charge on any atom is 0.251 e.